The van der Waals surface area contributed by atoms with E-state index in [4.69, 9.17) is 0 Å². The summed E-state index contributed by atoms with van der Waals surface area (Å²) in [4.78, 5) is 0.842. The molecule has 2 rings (SSSR count). The Morgan fingerprint density at radius 2 is 1.88 bits per heavy atom. The van der Waals surface area contributed by atoms with E-state index >= 15 is 0 Å². The van der Waals surface area contributed by atoms with E-state index in [1.165, 1.54) is 23.5 Å². The minimum absolute atomic E-state index is 0.218. The third kappa shape index (κ3) is 2.90. The maximum absolute atomic E-state index is 13.0. The molecule has 0 amide bonds. The fourth-order valence-electron chi connectivity index (χ4n) is 1.77. The highest BCUT2D eigenvalue weighted by atomic mass is 32.1. The van der Waals surface area contributed by atoms with Crippen molar-refractivity contribution in [2.24, 2.45) is 0 Å². The lowest BCUT2D eigenvalue weighted by Crippen LogP contribution is -2.02. The molecule has 1 nitrogen and oxygen atoms in total. The predicted molar refractivity (Wildman–Crippen MR) is 64.1 cm³/mol. The quantitative estimate of drug-likeness (QED) is 0.887. The first-order valence-corrected chi connectivity index (χ1v) is 6.11. The molecule has 1 unspecified atom stereocenters. The number of benzene rings is 1. The van der Waals surface area contributed by atoms with Gasteiger partial charge in [-0.05, 0) is 41.6 Å². The van der Waals surface area contributed by atoms with E-state index in [1.54, 1.807) is 0 Å². The van der Waals surface area contributed by atoms with Gasteiger partial charge in [0.05, 0.1) is 6.10 Å². The third-order valence-corrected chi connectivity index (χ3v) is 3.68. The van der Waals surface area contributed by atoms with Gasteiger partial charge in [0.2, 0.25) is 0 Å². The summed E-state index contributed by atoms with van der Waals surface area (Å²) in [6, 6.07) is 5.23. The highest BCUT2D eigenvalue weighted by Crippen LogP contribution is 2.26. The molecule has 0 aliphatic carbocycles. The Balaban J connectivity index is 2.18. The van der Waals surface area contributed by atoms with E-state index in [-0.39, 0.29) is 6.42 Å². The van der Waals surface area contributed by atoms with Crippen LogP contribution in [0.15, 0.2) is 29.6 Å². The minimum atomic E-state index is -0.712. The predicted octanol–water partition coefficient (Wildman–Crippen LogP) is 3.61. The second-order valence-electron chi connectivity index (χ2n) is 3.97. The number of aryl methyl sites for hydroxylation is 1. The van der Waals surface area contributed by atoms with Crippen molar-refractivity contribution in [1.29, 1.82) is 0 Å². The molecule has 0 aliphatic rings. The molecule has 1 aromatic carbocycles. The fraction of sp³-hybridized carbons (Fsp3) is 0.231. The summed E-state index contributed by atoms with van der Waals surface area (Å²) in [7, 11) is 0. The molecule has 17 heavy (non-hydrogen) atoms. The minimum Gasteiger partial charge on any atom is -0.387 e. The zero-order valence-electron chi connectivity index (χ0n) is 9.28. The fourth-order valence-corrected chi connectivity index (χ4v) is 2.68. The van der Waals surface area contributed by atoms with Crippen LogP contribution in [0, 0.1) is 18.6 Å². The maximum atomic E-state index is 13.0. The molecule has 0 saturated carbocycles. The lowest BCUT2D eigenvalue weighted by molar-refractivity contribution is 0.181. The van der Waals surface area contributed by atoms with Crippen molar-refractivity contribution in [3.63, 3.8) is 0 Å². The Morgan fingerprint density at radius 3 is 2.41 bits per heavy atom. The van der Waals surface area contributed by atoms with Gasteiger partial charge in [0.1, 0.15) is 11.6 Å². The molecule has 0 spiro atoms. The lowest BCUT2D eigenvalue weighted by atomic mass is 10.0. The van der Waals surface area contributed by atoms with Gasteiger partial charge in [0, 0.05) is 17.4 Å². The molecular weight excluding hydrogens is 242 g/mol. The SMILES string of the molecule is Cc1ccsc1C(O)Cc1cc(F)cc(F)c1. The summed E-state index contributed by atoms with van der Waals surface area (Å²) in [6.45, 7) is 1.90. The van der Waals surface area contributed by atoms with Gasteiger partial charge in [0.25, 0.3) is 0 Å². The van der Waals surface area contributed by atoms with E-state index in [9.17, 15) is 13.9 Å². The van der Waals surface area contributed by atoms with Gasteiger partial charge >= 0.3 is 0 Å². The number of hydrogen-bond acceptors (Lipinski definition) is 2. The Hall–Kier alpha value is -1.26. The Bertz CT molecular complexity index is 502. The van der Waals surface area contributed by atoms with Crippen molar-refractivity contribution in [3.05, 3.63) is 57.3 Å². The second-order valence-corrected chi connectivity index (χ2v) is 4.91. The average molecular weight is 254 g/mol. The zero-order chi connectivity index (χ0) is 12.4. The number of hydrogen-bond donors (Lipinski definition) is 1. The van der Waals surface area contributed by atoms with Crippen LogP contribution >= 0.6 is 11.3 Å². The molecular formula is C13H12F2OS. The molecule has 4 heteroatoms. The summed E-state index contributed by atoms with van der Waals surface area (Å²) in [5, 5.41) is 11.9. The highest BCUT2D eigenvalue weighted by molar-refractivity contribution is 7.10. The van der Waals surface area contributed by atoms with E-state index in [0.29, 0.717) is 5.56 Å². The van der Waals surface area contributed by atoms with Crippen LogP contribution in [-0.2, 0) is 6.42 Å². The van der Waals surface area contributed by atoms with Gasteiger partial charge in [-0.1, -0.05) is 0 Å². The van der Waals surface area contributed by atoms with Crippen LogP contribution in [0.5, 0.6) is 0 Å². The molecule has 0 fully saturated rings. The number of rotatable bonds is 3. The van der Waals surface area contributed by atoms with Gasteiger partial charge in [-0.2, -0.15) is 0 Å². The van der Waals surface area contributed by atoms with E-state index in [1.807, 2.05) is 18.4 Å². The summed E-state index contributed by atoms with van der Waals surface area (Å²) in [5.41, 5.74) is 1.46. The molecule has 1 aromatic heterocycles. The maximum Gasteiger partial charge on any atom is 0.126 e. The zero-order valence-corrected chi connectivity index (χ0v) is 10.1. The smallest absolute Gasteiger partial charge is 0.126 e. The molecule has 0 bridgehead atoms. The molecule has 1 N–H and O–H groups in total. The molecule has 1 atom stereocenters. The first-order chi connectivity index (χ1) is 8.06. The second kappa shape index (κ2) is 4.94. The Morgan fingerprint density at radius 1 is 1.24 bits per heavy atom. The van der Waals surface area contributed by atoms with Gasteiger partial charge in [0.15, 0.2) is 0 Å². The van der Waals surface area contributed by atoms with Gasteiger partial charge in [-0.25, -0.2) is 8.78 Å². The number of aliphatic hydroxyl groups is 1. The monoisotopic (exact) mass is 254 g/mol. The average Bonchev–Trinajstić information content (AvgIpc) is 2.62. The van der Waals surface area contributed by atoms with E-state index in [2.05, 4.69) is 0 Å². The standard InChI is InChI=1S/C13H12F2OS/c1-8-2-3-17-13(8)12(16)6-9-4-10(14)7-11(15)5-9/h2-5,7,12,16H,6H2,1H3. The number of aliphatic hydroxyl groups excluding tert-OH is 1. The van der Waals surface area contributed by atoms with Crippen molar-refractivity contribution in [2.75, 3.05) is 0 Å². The van der Waals surface area contributed by atoms with Crippen LogP contribution in [0.4, 0.5) is 8.78 Å². The molecule has 0 saturated heterocycles. The molecule has 0 radical (unpaired) electrons. The van der Waals surface area contributed by atoms with E-state index in [0.717, 1.165) is 16.5 Å². The van der Waals surface area contributed by atoms with Crippen molar-refractivity contribution in [3.8, 4) is 0 Å². The number of thiophene rings is 1. The van der Waals surface area contributed by atoms with Crippen LogP contribution in [0.2, 0.25) is 0 Å². The highest BCUT2D eigenvalue weighted by Gasteiger charge is 2.13. The topological polar surface area (TPSA) is 20.2 Å². The number of halogens is 2. The molecule has 90 valence electrons. The van der Waals surface area contributed by atoms with Crippen molar-refractivity contribution in [2.45, 2.75) is 19.4 Å². The van der Waals surface area contributed by atoms with Crippen LogP contribution in [-0.4, -0.2) is 5.11 Å². The normalized spacial score (nSPS) is 12.7. The third-order valence-electron chi connectivity index (χ3n) is 2.56. The molecule has 2 aromatic rings. The first-order valence-electron chi connectivity index (χ1n) is 5.23. The molecule has 0 aliphatic heterocycles. The summed E-state index contributed by atoms with van der Waals surface area (Å²) in [5.74, 6) is -1.23. The summed E-state index contributed by atoms with van der Waals surface area (Å²) >= 11 is 1.45. The van der Waals surface area contributed by atoms with Crippen LogP contribution in [0.1, 0.15) is 22.1 Å². The van der Waals surface area contributed by atoms with Crippen LogP contribution in [0.25, 0.3) is 0 Å². The lowest BCUT2D eigenvalue weighted by Gasteiger charge is -2.10. The van der Waals surface area contributed by atoms with Crippen LogP contribution < -0.4 is 0 Å². The summed E-state index contributed by atoms with van der Waals surface area (Å²) < 4.78 is 26.0. The van der Waals surface area contributed by atoms with Crippen molar-refractivity contribution in [1.82, 2.24) is 0 Å². The summed E-state index contributed by atoms with van der Waals surface area (Å²) in [6.07, 6.45) is -0.494. The van der Waals surface area contributed by atoms with Crippen molar-refractivity contribution >= 4 is 11.3 Å². The van der Waals surface area contributed by atoms with Gasteiger partial charge in [-0.15, -0.1) is 11.3 Å². The Labute approximate surface area is 102 Å². The largest absolute Gasteiger partial charge is 0.387 e. The Kier molecular flexibility index (Phi) is 3.54. The van der Waals surface area contributed by atoms with Gasteiger partial charge < -0.3 is 5.11 Å². The van der Waals surface area contributed by atoms with E-state index < -0.39 is 17.7 Å². The van der Waals surface area contributed by atoms with Crippen LogP contribution in [0.3, 0.4) is 0 Å². The first kappa shape index (κ1) is 12.2. The molecule has 1 heterocycles. The van der Waals surface area contributed by atoms with Gasteiger partial charge in [-0.3, -0.25) is 0 Å². The van der Waals surface area contributed by atoms with Crippen molar-refractivity contribution < 1.29 is 13.9 Å².